The number of ether oxygens (including phenoxy) is 3. The molecule has 8 rings (SSSR count). The van der Waals surface area contributed by atoms with Crippen molar-refractivity contribution in [1.82, 2.24) is 40.4 Å². The number of carbonyl (C=O) groups is 5. The summed E-state index contributed by atoms with van der Waals surface area (Å²) in [6, 6.07) is 16.7. The van der Waals surface area contributed by atoms with Gasteiger partial charge in [0.25, 0.3) is 0 Å². The number of hydrogen-bond donors (Lipinski definition) is 5. The number of nitrogens with zero attached hydrogens (tertiary/aromatic N) is 6. The molecule has 80 heavy (non-hydrogen) atoms. The number of aromatic nitrogens is 4. The summed E-state index contributed by atoms with van der Waals surface area (Å²) in [7, 11) is 0. The van der Waals surface area contributed by atoms with E-state index in [2.05, 4.69) is 35.6 Å². The monoisotopic (exact) mass is 1120 g/mol. The number of likely N-dealkylation sites (tertiary alicyclic amines) is 1. The van der Waals surface area contributed by atoms with Gasteiger partial charge in [-0.1, -0.05) is 63.2 Å². The molecule has 0 bridgehead atoms. The third-order valence-electron chi connectivity index (χ3n) is 14.0. The number of alkyl halides is 3. The lowest BCUT2D eigenvalue weighted by molar-refractivity contribution is -0.274. The van der Waals surface area contributed by atoms with Crippen LogP contribution in [0.25, 0.3) is 32.6 Å². The first kappa shape index (κ1) is 58.7. The van der Waals surface area contributed by atoms with Crippen molar-refractivity contribution in [2.75, 3.05) is 56.7 Å². The molecule has 0 saturated carbocycles. The first-order valence-corrected chi connectivity index (χ1v) is 27.4. The average Bonchev–Trinajstić information content (AvgIpc) is 4.23. The highest BCUT2D eigenvalue weighted by molar-refractivity contribution is 7.13. The Morgan fingerprint density at radius 2 is 1.62 bits per heavy atom. The SMILES string of the molecule is Cc1ncsc1-c1ccc([C@H](C)NC(=O)[C@@H]2C[C@H](O)CN2C(=O)[C@@H](NC(=O)CCOCCOCCC(=O)NCCCn2cc(-c3ccc4c(c3)CCN4C(=O)Cc3cccc(OC(F)(F)F)c3)c3c(N)ncnc32)C(C)(C)C)cc1. The second-order valence-electron chi connectivity index (χ2n) is 21.0. The number of rotatable bonds is 23. The normalized spacial score (nSPS) is 16.1. The van der Waals surface area contributed by atoms with Crippen molar-refractivity contribution < 1.29 is 56.5 Å². The Hall–Kier alpha value is -7.47. The summed E-state index contributed by atoms with van der Waals surface area (Å²) in [5.74, 6) is -1.81. The molecule has 426 valence electrons. The Morgan fingerprint density at radius 1 is 0.900 bits per heavy atom. The average molecular weight is 1130 g/mol. The number of thiazole rings is 1. The predicted octanol–water partition coefficient (Wildman–Crippen LogP) is 6.83. The fourth-order valence-corrected chi connectivity index (χ4v) is 10.8. The minimum absolute atomic E-state index is 0.0389. The van der Waals surface area contributed by atoms with Crippen molar-refractivity contribution in [2.45, 2.75) is 110 Å². The van der Waals surface area contributed by atoms with Gasteiger partial charge in [0.2, 0.25) is 29.5 Å². The lowest BCUT2D eigenvalue weighted by Crippen LogP contribution is -2.58. The third kappa shape index (κ3) is 14.8. The fraction of sp³-hybridized carbons (Fsp3) is 0.439. The molecule has 0 spiro atoms. The maximum atomic E-state index is 14.1. The largest absolute Gasteiger partial charge is 0.573 e. The number of halogens is 3. The Balaban J connectivity index is 0.728. The van der Waals surface area contributed by atoms with Crippen LogP contribution in [0.1, 0.15) is 81.8 Å². The molecule has 2 aliphatic heterocycles. The third-order valence-corrected chi connectivity index (χ3v) is 15.0. The Morgan fingerprint density at radius 3 is 2.33 bits per heavy atom. The highest BCUT2D eigenvalue weighted by Gasteiger charge is 2.45. The van der Waals surface area contributed by atoms with Crippen LogP contribution in [0.2, 0.25) is 0 Å². The van der Waals surface area contributed by atoms with Gasteiger partial charge in [0, 0.05) is 62.9 Å². The van der Waals surface area contributed by atoms with E-state index in [4.69, 9.17) is 15.2 Å². The first-order valence-electron chi connectivity index (χ1n) is 26.5. The van der Waals surface area contributed by atoms with E-state index in [0.717, 1.165) is 44.1 Å². The zero-order valence-corrected chi connectivity index (χ0v) is 46.1. The van der Waals surface area contributed by atoms with E-state index in [-0.39, 0.29) is 82.3 Å². The number of fused-ring (bicyclic) bond motifs is 2. The summed E-state index contributed by atoms with van der Waals surface area (Å²) in [5, 5.41) is 20.1. The number of aliphatic hydroxyl groups is 1. The number of nitrogen functional groups attached to an aromatic ring is 1. The number of aryl methyl sites for hydroxylation is 2. The van der Waals surface area contributed by atoms with E-state index >= 15 is 0 Å². The van der Waals surface area contributed by atoms with Gasteiger partial charge in [-0.15, -0.1) is 24.5 Å². The molecule has 1 saturated heterocycles. The fourth-order valence-electron chi connectivity index (χ4n) is 9.95. The second-order valence-corrected chi connectivity index (χ2v) is 21.9. The lowest BCUT2D eigenvalue weighted by atomic mass is 9.85. The predicted molar refractivity (Wildman–Crippen MR) is 295 cm³/mol. The van der Waals surface area contributed by atoms with Crippen LogP contribution in [-0.4, -0.2) is 130 Å². The number of β-amino-alcohol motifs (C(OH)–C–C–N with tert-alkyl or cyclic N) is 1. The maximum Gasteiger partial charge on any atom is 0.573 e. The van der Waals surface area contributed by atoms with Gasteiger partial charge >= 0.3 is 6.36 Å². The zero-order valence-electron chi connectivity index (χ0n) is 45.3. The molecular formula is C57H67F3N10O9S. The molecule has 0 aliphatic carbocycles. The van der Waals surface area contributed by atoms with Crippen LogP contribution in [0.3, 0.4) is 0 Å². The summed E-state index contributed by atoms with van der Waals surface area (Å²) in [5.41, 5.74) is 14.6. The summed E-state index contributed by atoms with van der Waals surface area (Å²) in [4.78, 5) is 84.1. The van der Waals surface area contributed by atoms with Crippen molar-refractivity contribution in [3.05, 3.63) is 107 Å². The number of carbonyl (C=O) groups excluding carboxylic acids is 5. The summed E-state index contributed by atoms with van der Waals surface area (Å²) in [6.45, 7) is 11.1. The van der Waals surface area contributed by atoms with E-state index in [1.807, 2.05) is 87.8 Å². The molecule has 6 aromatic rings. The molecule has 5 amide bonds. The van der Waals surface area contributed by atoms with Gasteiger partial charge in [-0.05, 0) is 84.2 Å². The molecule has 19 nitrogen and oxygen atoms in total. The Bertz CT molecular complexity index is 3180. The van der Waals surface area contributed by atoms with Crippen LogP contribution in [0.5, 0.6) is 5.75 Å². The molecule has 3 aromatic heterocycles. The van der Waals surface area contributed by atoms with Gasteiger partial charge in [-0.25, -0.2) is 15.0 Å². The van der Waals surface area contributed by atoms with Crippen molar-refractivity contribution >= 4 is 63.4 Å². The minimum Gasteiger partial charge on any atom is -0.406 e. The van der Waals surface area contributed by atoms with Gasteiger partial charge < -0.3 is 55.4 Å². The topological polar surface area (TPSA) is 245 Å². The van der Waals surface area contributed by atoms with Crippen LogP contribution in [0, 0.1) is 12.3 Å². The molecule has 3 aromatic carbocycles. The zero-order chi connectivity index (χ0) is 57.3. The molecule has 1 fully saturated rings. The molecule has 23 heteroatoms. The first-order chi connectivity index (χ1) is 38.1. The Labute approximate surface area is 465 Å². The van der Waals surface area contributed by atoms with Crippen LogP contribution in [0.15, 0.2) is 84.8 Å². The van der Waals surface area contributed by atoms with Crippen LogP contribution in [-0.2, 0) is 52.8 Å². The van der Waals surface area contributed by atoms with Gasteiger partial charge in [0.1, 0.15) is 35.6 Å². The van der Waals surface area contributed by atoms with Crippen LogP contribution in [0.4, 0.5) is 24.7 Å². The highest BCUT2D eigenvalue weighted by Crippen LogP contribution is 2.38. The van der Waals surface area contributed by atoms with E-state index in [1.54, 1.807) is 27.8 Å². The minimum atomic E-state index is -4.84. The molecule has 2 aliphatic rings. The highest BCUT2D eigenvalue weighted by atomic mass is 32.1. The molecule has 5 heterocycles. The smallest absolute Gasteiger partial charge is 0.406 e. The standard InChI is InChI=1S/C57H67F3N10O9S/c1-34(37-10-12-38(13-11-37)50-35(2)65-33-80-50)66-54(75)45-29-41(71)30-70(45)55(76)51(56(3,4)5)67-47(73)18-23-78-25-24-77-22-17-46(72)62-19-7-20-68-31-43(49-52(61)63-32-64-53(49)68)39-14-15-44-40(28-39)16-21-69(44)48(74)27-36-8-6-9-42(26-36)79-57(58,59)60/h6,8-15,26,28,31-34,41,45,51,71H,7,16-25,27,29-30H2,1-5H3,(H,62,72)(H,66,75)(H,67,73)(H2,61,63,64)/t34-,41-,45-,51+/m0/s1. The van der Waals surface area contributed by atoms with E-state index in [1.165, 1.54) is 29.4 Å². The maximum absolute atomic E-state index is 14.1. The summed E-state index contributed by atoms with van der Waals surface area (Å²) < 4.78 is 55.6. The Kier molecular flexibility index (Phi) is 18.9. The van der Waals surface area contributed by atoms with Gasteiger partial charge in [0.15, 0.2) is 0 Å². The number of aliphatic hydroxyl groups excluding tert-OH is 1. The molecular weight excluding hydrogens is 1060 g/mol. The lowest BCUT2D eigenvalue weighted by Gasteiger charge is -2.35. The molecule has 0 unspecified atom stereocenters. The molecule has 4 atom stereocenters. The van der Waals surface area contributed by atoms with Crippen molar-refractivity contribution in [3.8, 4) is 27.3 Å². The van der Waals surface area contributed by atoms with Gasteiger partial charge in [0.05, 0.1) is 66.5 Å². The number of benzene rings is 3. The number of anilines is 2. The van der Waals surface area contributed by atoms with Crippen molar-refractivity contribution in [3.63, 3.8) is 0 Å². The number of amides is 5. The van der Waals surface area contributed by atoms with E-state index in [9.17, 15) is 42.3 Å². The van der Waals surface area contributed by atoms with Crippen LogP contribution >= 0.6 is 11.3 Å². The van der Waals surface area contributed by atoms with Gasteiger partial charge in [-0.3, -0.25) is 24.0 Å². The van der Waals surface area contributed by atoms with E-state index in [0.29, 0.717) is 54.9 Å². The summed E-state index contributed by atoms with van der Waals surface area (Å²) >= 11 is 1.56. The number of hydrogen-bond acceptors (Lipinski definition) is 14. The molecule has 6 N–H and O–H groups in total. The number of nitrogens with one attached hydrogen (secondary N) is 3. The van der Waals surface area contributed by atoms with Crippen molar-refractivity contribution in [1.29, 1.82) is 0 Å². The second kappa shape index (κ2) is 25.8. The van der Waals surface area contributed by atoms with Crippen molar-refractivity contribution in [2.24, 2.45) is 5.41 Å². The number of nitrogens with two attached hydrogens (primary N) is 1. The van der Waals surface area contributed by atoms with Gasteiger partial charge in [-0.2, -0.15) is 0 Å². The summed E-state index contributed by atoms with van der Waals surface area (Å²) in [6.07, 6.45) is -1.23. The quantitative estimate of drug-likeness (QED) is 0.0414. The van der Waals surface area contributed by atoms with Crippen LogP contribution < -0.4 is 31.3 Å². The van der Waals surface area contributed by atoms with E-state index < -0.39 is 47.7 Å². The molecule has 0 radical (unpaired) electrons.